The Morgan fingerprint density at radius 3 is 2.66 bits per heavy atom. The number of nitrogens with two attached hydrogens (primary N) is 1. The van der Waals surface area contributed by atoms with Crippen LogP contribution in [-0.4, -0.2) is 79.1 Å². The number of thioether (sulfide) groups is 1. The average molecular weight is 447 g/mol. The second-order valence-electron chi connectivity index (χ2n) is 6.34. The van der Waals surface area contributed by atoms with E-state index in [1.54, 1.807) is 13.8 Å². The van der Waals surface area contributed by atoms with E-state index in [0.717, 1.165) is 27.8 Å². The molecule has 1 saturated heterocycles. The van der Waals surface area contributed by atoms with E-state index in [1.165, 1.54) is 0 Å². The van der Waals surface area contributed by atoms with Crippen LogP contribution in [-0.2, 0) is 9.47 Å². The van der Waals surface area contributed by atoms with Gasteiger partial charge in [0.05, 0.1) is 18.6 Å². The number of ether oxygens (including phenoxy) is 2. The van der Waals surface area contributed by atoms with Gasteiger partial charge in [-0.15, -0.1) is 11.3 Å². The van der Waals surface area contributed by atoms with Gasteiger partial charge in [0.2, 0.25) is 0 Å². The minimum Gasteiger partial charge on any atom is -0.462 e. The fourth-order valence-electron chi connectivity index (χ4n) is 2.92. The molecule has 0 radical (unpaired) electrons. The van der Waals surface area contributed by atoms with Crippen molar-refractivity contribution in [3.8, 4) is 0 Å². The molecular formula is C16H21N3O8S2. The average Bonchev–Trinajstić information content (AvgIpc) is 3.02. The summed E-state index contributed by atoms with van der Waals surface area (Å²) in [7, 11) is 0. The number of carbonyl (C=O) groups excluding carboxylic acids is 1. The van der Waals surface area contributed by atoms with Crippen LogP contribution in [0.1, 0.15) is 22.2 Å². The summed E-state index contributed by atoms with van der Waals surface area (Å²) < 4.78 is 11.2. The van der Waals surface area contributed by atoms with Gasteiger partial charge >= 0.3 is 5.97 Å². The highest BCUT2D eigenvalue weighted by molar-refractivity contribution is 7.99. The number of thiophene rings is 1. The molecular weight excluding hydrogens is 426 g/mol. The Balaban J connectivity index is 1.99. The molecule has 0 unspecified atom stereocenters. The van der Waals surface area contributed by atoms with E-state index < -0.39 is 48.0 Å². The number of aromatic nitrogens is 2. The Bertz CT molecular complexity index is 975. The molecule has 2 aromatic heterocycles. The van der Waals surface area contributed by atoms with E-state index in [0.29, 0.717) is 5.56 Å². The third-order valence-corrected chi connectivity index (χ3v) is 6.78. The van der Waals surface area contributed by atoms with Gasteiger partial charge in [0, 0.05) is 0 Å². The highest BCUT2D eigenvalue weighted by atomic mass is 32.2. The van der Waals surface area contributed by atoms with Crippen LogP contribution in [0.4, 0.5) is 0 Å². The first kappa shape index (κ1) is 22.0. The first-order chi connectivity index (χ1) is 13.7. The van der Waals surface area contributed by atoms with Crippen molar-refractivity contribution in [2.24, 2.45) is 0 Å². The molecule has 0 spiro atoms. The van der Waals surface area contributed by atoms with Crippen molar-refractivity contribution >= 4 is 39.3 Å². The van der Waals surface area contributed by atoms with Crippen LogP contribution in [0.25, 0.3) is 10.2 Å². The van der Waals surface area contributed by atoms with Crippen LogP contribution in [0.5, 0.6) is 0 Å². The molecule has 29 heavy (non-hydrogen) atoms. The lowest BCUT2D eigenvalue weighted by Gasteiger charge is -2.39. The molecule has 0 amide bonds. The third-order valence-electron chi connectivity index (χ3n) is 4.49. The van der Waals surface area contributed by atoms with Crippen molar-refractivity contribution < 1.29 is 34.7 Å². The lowest BCUT2D eigenvalue weighted by molar-refractivity contribution is -0.205. The van der Waals surface area contributed by atoms with Crippen LogP contribution in [0.2, 0.25) is 0 Å². The monoisotopic (exact) mass is 447 g/mol. The van der Waals surface area contributed by atoms with Gasteiger partial charge in [-0.2, -0.15) is 0 Å². The topological polar surface area (TPSA) is 177 Å². The Kier molecular flexibility index (Phi) is 6.48. The number of nitrogen functional groups attached to an aromatic ring is 1. The number of nitrogens with zero attached hydrogens (tertiary/aromatic N) is 2. The highest BCUT2D eigenvalue weighted by Gasteiger charge is 2.44. The van der Waals surface area contributed by atoms with Gasteiger partial charge < -0.3 is 35.7 Å². The molecule has 11 nitrogen and oxygen atoms in total. The predicted molar refractivity (Wildman–Crippen MR) is 104 cm³/mol. The van der Waals surface area contributed by atoms with Gasteiger partial charge in [0.15, 0.2) is 5.16 Å². The molecule has 160 valence electrons. The summed E-state index contributed by atoms with van der Waals surface area (Å²) in [6.45, 7) is 2.86. The zero-order valence-electron chi connectivity index (χ0n) is 15.5. The van der Waals surface area contributed by atoms with Gasteiger partial charge in [-0.05, 0) is 19.4 Å². The summed E-state index contributed by atoms with van der Waals surface area (Å²) in [5, 5.41) is 39.4. The predicted octanol–water partition coefficient (Wildman–Crippen LogP) is -1.45. The lowest BCUT2D eigenvalue weighted by atomic mass is 10.0. The molecule has 13 heteroatoms. The van der Waals surface area contributed by atoms with Crippen LogP contribution in [0, 0.1) is 6.92 Å². The molecule has 0 aromatic carbocycles. The number of fused-ring (bicyclic) bond motifs is 1. The molecule has 5 atom stereocenters. The van der Waals surface area contributed by atoms with Gasteiger partial charge in [0.1, 0.15) is 39.6 Å². The summed E-state index contributed by atoms with van der Waals surface area (Å²) in [4.78, 5) is 29.6. The molecule has 3 heterocycles. The summed E-state index contributed by atoms with van der Waals surface area (Å²) in [6, 6.07) is 0. The number of esters is 1. The number of aliphatic hydroxyl groups is 4. The number of carbonyl (C=O) groups is 1. The van der Waals surface area contributed by atoms with E-state index >= 15 is 0 Å². The maximum absolute atomic E-state index is 12.7. The highest BCUT2D eigenvalue weighted by Crippen LogP contribution is 2.34. The second-order valence-corrected chi connectivity index (χ2v) is 8.41. The molecule has 1 aliphatic heterocycles. The quantitative estimate of drug-likeness (QED) is 0.206. The van der Waals surface area contributed by atoms with Gasteiger partial charge in [0.25, 0.3) is 5.56 Å². The normalized spacial score (nSPS) is 27.3. The van der Waals surface area contributed by atoms with Crippen LogP contribution in [0.3, 0.4) is 0 Å². The minimum atomic E-state index is -1.57. The largest absolute Gasteiger partial charge is 0.462 e. The Hall–Kier alpha value is -1.74. The van der Waals surface area contributed by atoms with Crippen molar-refractivity contribution in [3.05, 3.63) is 20.8 Å². The minimum absolute atomic E-state index is 0.0384. The van der Waals surface area contributed by atoms with Crippen LogP contribution < -0.4 is 11.4 Å². The zero-order valence-corrected chi connectivity index (χ0v) is 17.1. The lowest BCUT2D eigenvalue weighted by Crippen LogP contribution is -2.57. The standard InChI is InChI=1S/C16H21N3O8S2/c1-3-26-14(25)11-5(2)7-12(28-11)18-16(19(17)13(7)24)29-15-10(23)9(22)8(21)6(4-20)27-15/h6,8-10,15,20-23H,3-4,17H2,1-2H3/t6-,8-,9+,10-,15+/m1/s1. The van der Waals surface area contributed by atoms with E-state index in [4.69, 9.17) is 15.3 Å². The number of rotatable bonds is 5. The fourth-order valence-corrected chi connectivity index (χ4v) is 5.09. The molecule has 1 fully saturated rings. The fraction of sp³-hybridized carbons (Fsp3) is 0.562. The van der Waals surface area contributed by atoms with Gasteiger partial charge in [-0.3, -0.25) is 4.79 Å². The number of aryl methyl sites for hydroxylation is 1. The molecule has 1 aliphatic rings. The first-order valence-corrected chi connectivity index (χ1v) is 10.4. The second kappa shape index (κ2) is 8.55. The van der Waals surface area contributed by atoms with Crippen molar-refractivity contribution in [3.63, 3.8) is 0 Å². The van der Waals surface area contributed by atoms with Crippen LogP contribution >= 0.6 is 23.1 Å². The van der Waals surface area contributed by atoms with E-state index in [1.807, 2.05) is 0 Å². The summed E-state index contributed by atoms with van der Waals surface area (Å²) >= 11 is 1.73. The zero-order chi connectivity index (χ0) is 21.5. The van der Waals surface area contributed by atoms with Crippen LogP contribution in [0.15, 0.2) is 9.95 Å². The molecule has 0 aliphatic carbocycles. The van der Waals surface area contributed by atoms with Crippen molar-refractivity contribution in [2.45, 2.75) is 48.9 Å². The first-order valence-electron chi connectivity index (χ1n) is 8.66. The number of hydrogen-bond donors (Lipinski definition) is 5. The molecule has 6 N–H and O–H groups in total. The van der Waals surface area contributed by atoms with Crippen molar-refractivity contribution in [1.29, 1.82) is 0 Å². The third kappa shape index (κ3) is 3.86. The van der Waals surface area contributed by atoms with Crippen molar-refractivity contribution in [2.75, 3.05) is 19.1 Å². The SMILES string of the molecule is CCOC(=O)c1sc2nc(S[C@@H]3O[C@H](CO)[C@@H](O)[C@H](O)[C@H]3O)n(N)c(=O)c2c1C. The smallest absolute Gasteiger partial charge is 0.348 e. The van der Waals surface area contributed by atoms with Crippen molar-refractivity contribution in [1.82, 2.24) is 9.66 Å². The Morgan fingerprint density at radius 1 is 1.34 bits per heavy atom. The number of aliphatic hydroxyl groups excluding tert-OH is 4. The summed E-state index contributed by atoms with van der Waals surface area (Å²) in [5.74, 6) is 5.29. The summed E-state index contributed by atoms with van der Waals surface area (Å²) in [5.41, 5.74) is -1.36. The maximum atomic E-state index is 12.7. The molecule has 2 aromatic rings. The van der Waals surface area contributed by atoms with Gasteiger partial charge in [-0.1, -0.05) is 11.8 Å². The maximum Gasteiger partial charge on any atom is 0.348 e. The Morgan fingerprint density at radius 2 is 2.03 bits per heavy atom. The number of hydrogen-bond acceptors (Lipinski definition) is 12. The van der Waals surface area contributed by atoms with E-state index in [9.17, 15) is 30.0 Å². The van der Waals surface area contributed by atoms with Gasteiger partial charge in [-0.25, -0.2) is 14.5 Å². The van der Waals surface area contributed by atoms with E-state index in [-0.39, 0.29) is 26.9 Å². The molecule has 0 bridgehead atoms. The Labute approximate surface area is 172 Å². The molecule has 3 rings (SSSR count). The molecule has 0 saturated carbocycles. The van der Waals surface area contributed by atoms with E-state index in [2.05, 4.69) is 4.98 Å². The summed E-state index contributed by atoms with van der Waals surface area (Å²) in [6.07, 6.45) is -5.70.